The average Bonchev–Trinajstić information content (AvgIpc) is 2.98. The molecule has 34 heavy (non-hydrogen) atoms. The van der Waals surface area contributed by atoms with Gasteiger partial charge in [0.1, 0.15) is 12.4 Å². The molecule has 0 unspecified atom stereocenters. The molecule has 3 aromatic rings. The van der Waals surface area contributed by atoms with Crippen molar-refractivity contribution in [2.45, 2.75) is 19.1 Å². The van der Waals surface area contributed by atoms with E-state index < -0.39 is 6.10 Å². The molecule has 1 aliphatic rings. The van der Waals surface area contributed by atoms with Gasteiger partial charge in [-0.15, -0.1) is 0 Å². The average molecular weight is 463 g/mol. The summed E-state index contributed by atoms with van der Waals surface area (Å²) in [5, 5.41) is 30.4. The van der Waals surface area contributed by atoms with Gasteiger partial charge in [-0.1, -0.05) is 54.6 Å². The second-order valence-corrected chi connectivity index (χ2v) is 8.47. The molecular weight excluding hydrogens is 428 g/mol. The molecule has 0 saturated carbocycles. The van der Waals surface area contributed by atoms with Gasteiger partial charge in [-0.25, -0.2) is 0 Å². The number of para-hydroxylation sites is 1. The summed E-state index contributed by atoms with van der Waals surface area (Å²) < 4.78 is 5.98. The number of fused-ring (bicyclic) bond motifs is 2. The van der Waals surface area contributed by atoms with E-state index >= 15 is 0 Å². The van der Waals surface area contributed by atoms with Gasteiger partial charge < -0.3 is 30.3 Å². The molecule has 0 spiro atoms. The minimum absolute atomic E-state index is 0.180. The summed E-state index contributed by atoms with van der Waals surface area (Å²) in [5.41, 5.74) is 5.61. The fraction of sp³-hybridized carbons (Fsp3) is 0.286. The van der Waals surface area contributed by atoms with Gasteiger partial charge in [0, 0.05) is 18.7 Å². The van der Waals surface area contributed by atoms with Crippen molar-refractivity contribution >= 4 is 5.57 Å². The van der Waals surface area contributed by atoms with Crippen molar-refractivity contribution < 1.29 is 20.1 Å². The number of phenols is 2. The molecule has 0 aliphatic carbocycles. The van der Waals surface area contributed by atoms with E-state index in [1.807, 2.05) is 6.07 Å². The molecule has 6 heteroatoms. The number of nitrogens with zero attached hydrogens (tertiary/aromatic N) is 1. The Morgan fingerprint density at radius 3 is 2.38 bits per heavy atom. The lowest BCUT2D eigenvalue weighted by molar-refractivity contribution is 0.177. The highest BCUT2D eigenvalue weighted by molar-refractivity contribution is 5.84. The monoisotopic (exact) mass is 462 g/mol. The Labute approximate surface area is 201 Å². The number of likely N-dealkylation sites (N-methyl/N-ethyl adjacent to an activating group) is 1. The topological polar surface area (TPSA) is 85.2 Å². The van der Waals surface area contributed by atoms with Crippen LogP contribution in [0.25, 0.3) is 5.57 Å². The molecule has 0 aromatic heterocycles. The third kappa shape index (κ3) is 6.60. The van der Waals surface area contributed by atoms with Gasteiger partial charge in [0.25, 0.3) is 0 Å². The number of rotatable bonds is 6. The van der Waals surface area contributed by atoms with Crippen molar-refractivity contribution in [1.82, 2.24) is 10.2 Å². The third-order valence-corrected chi connectivity index (χ3v) is 5.57. The minimum Gasteiger partial charge on any atom is -0.504 e. The van der Waals surface area contributed by atoms with Crippen molar-refractivity contribution in [3.05, 3.63) is 95.1 Å². The summed E-state index contributed by atoms with van der Waals surface area (Å²) >= 11 is 0. The zero-order chi connectivity index (χ0) is 24.5. The van der Waals surface area contributed by atoms with E-state index in [-0.39, 0.29) is 11.5 Å². The molecule has 0 fully saturated rings. The fourth-order valence-electron chi connectivity index (χ4n) is 3.77. The molecule has 3 aromatic carbocycles. The van der Waals surface area contributed by atoms with Crippen molar-refractivity contribution in [1.29, 1.82) is 0 Å². The molecule has 180 valence electrons. The Balaban J connectivity index is 0.000000215. The number of hydrogen-bond donors (Lipinski definition) is 4. The summed E-state index contributed by atoms with van der Waals surface area (Å²) in [7, 11) is 5.94. The molecule has 1 heterocycles. The number of hydrogen-bond acceptors (Lipinski definition) is 6. The molecular formula is C28H34N2O4. The van der Waals surface area contributed by atoms with Crippen LogP contribution in [0.2, 0.25) is 0 Å². The maximum absolute atomic E-state index is 9.48. The predicted molar refractivity (Wildman–Crippen MR) is 136 cm³/mol. The second-order valence-electron chi connectivity index (χ2n) is 8.47. The van der Waals surface area contributed by atoms with Crippen molar-refractivity contribution in [3.8, 4) is 17.2 Å². The number of nitrogens with one attached hydrogen (secondary N) is 1. The summed E-state index contributed by atoms with van der Waals surface area (Å²) in [6.07, 6.45) is 2.70. The molecule has 0 radical (unpaired) electrons. The van der Waals surface area contributed by atoms with Gasteiger partial charge in [0.05, 0.1) is 6.10 Å². The first-order valence-corrected chi connectivity index (χ1v) is 11.4. The van der Waals surface area contributed by atoms with Crippen LogP contribution in [0, 0.1) is 0 Å². The van der Waals surface area contributed by atoms with E-state index in [9.17, 15) is 5.11 Å². The van der Waals surface area contributed by atoms with E-state index in [1.165, 1.54) is 34.4 Å². The number of aliphatic hydroxyl groups excluding tert-OH is 1. The van der Waals surface area contributed by atoms with Crippen LogP contribution in [-0.4, -0.2) is 54.5 Å². The van der Waals surface area contributed by atoms with Crippen LogP contribution >= 0.6 is 0 Å². The predicted octanol–water partition coefficient (Wildman–Crippen LogP) is 4.31. The van der Waals surface area contributed by atoms with Crippen LogP contribution < -0.4 is 10.1 Å². The SMILES string of the molecule is CN(C)CC/C=C1\c2ccccc2COc2ccccc21.CNC[C@H](O)c1ccc(O)c(O)c1. The van der Waals surface area contributed by atoms with Gasteiger partial charge in [-0.05, 0) is 68.0 Å². The van der Waals surface area contributed by atoms with E-state index in [0.29, 0.717) is 18.7 Å². The summed E-state index contributed by atoms with van der Waals surface area (Å²) in [6.45, 7) is 2.09. The Bertz CT molecular complexity index is 1060. The van der Waals surface area contributed by atoms with Crippen molar-refractivity contribution in [2.24, 2.45) is 0 Å². The van der Waals surface area contributed by atoms with Gasteiger partial charge >= 0.3 is 0 Å². The standard InChI is InChI=1S/C19H21NO.C9H13NO3/c1-20(2)13-7-11-17-16-9-4-3-8-15(16)14-21-19-12-6-5-10-18(17)19;1-10-5-9(13)6-2-3-7(11)8(12)4-6/h3-6,8-12H,7,13-14H2,1-2H3;2-4,9-13H,5H2,1H3/b17-11+;/t;9-/m.0/s1. The fourth-order valence-corrected chi connectivity index (χ4v) is 3.77. The van der Waals surface area contributed by atoms with Gasteiger partial charge in [0.15, 0.2) is 11.5 Å². The van der Waals surface area contributed by atoms with E-state index in [1.54, 1.807) is 13.1 Å². The minimum atomic E-state index is -0.670. The molecule has 6 nitrogen and oxygen atoms in total. The highest BCUT2D eigenvalue weighted by Gasteiger charge is 2.18. The van der Waals surface area contributed by atoms with Crippen molar-refractivity contribution in [2.75, 3.05) is 34.2 Å². The Morgan fingerprint density at radius 1 is 0.971 bits per heavy atom. The van der Waals surface area contributed by atoms with Gasteiger partial charge in [-0.3, -0.25) is 0 Å². The summed E-state index contributed by atoms with van der Waals surface area (Å²) in [4.78, 5) is 2.21. The number of ether oxygens (including phenoxy) is 1. The zero-order valence-electron chi connectivity index (χ0n) is 20.0. The normalized spacial score (nSPS) is 14.3. The Morgan fingerprint density at radius 2 is 1.68 bits per heavy atom. The lowest BCUT2D eigenvalue weighted by Gasteiger charge is -2.12. The number of benzene rings is 3. The summed E-state index contributed by atoms with van der Waals surface area (Å²) in [5.74, 6) is 0.581. The van der Waals surface area contributed by atoms with E-state index in [4.69, 9.17) is 14.9 Å². The highest BCUT2D eigenvalue weighted by Crippen LogP contribution is 2.36. The maximum atomic E-state index is 9.48. The smallest absolute Gasteiger partial charge is 0.157 e. The second kappa shape index (κ2) is 12.2. The lowest BCUT2D eigenvalue weighted by Crippen LogP contribution is -2.16. The zero-order valence-corrected chi connectivity index (χ0v) is 20.0. The van der Waals surface area contributed by atoms with Gasteiger partial charge in [0.2, 0.25) is 0 Å². The Kier molecular flexibility index (Phi) is 9.10. The first-order valence-electron chi connectivity index (χ1n) is 11.4. The molecule has 1 aliphatic heterocycles. The van der Waals surface area contributed by atoms with Crippen LogP contribution in [0.5, 0.6) is 17.2 Å². The largest absolute Gasteiger partial charge is 0.504 e. The van der Waals surface area contributed by atoms with Crippen molar-refractivity contribution in [3.63, 3.8) is 0 Å². The first-order chi connectivity index (χ1) is 16.4. The molecule has 4 N–H and O–H groups in total. The van der Waals surface area contributed by atoms with Crippen LogP contribution in [-0.2, 0) is 6.61 Å². The molecule has 0 amide bonds. The van der Waals surface area contributed by atoms with Crippen LogP contribution in [0.1, 0.15) is 34.8 Å². The quantitative estimate of drug-likeness (QED) is 0.409. The molecule has 0 bridgehead atoms. The molecule has 0 saturated heterocycles. The van der Waals surface area contributed by atoms with Crippen LogP contribution in [0.3, 0.4) is 0 Å². The number of aliphatic hydroxyl groups is 1. The maximum Gasteiger partial charge on any atom is 0.157 e. The summed E-state index contributed by atoms with van der Waals surface area (Å²) in [6, 6.07) is 21.1. The van der Waals surface area contributed by atoms with E-state index in [2.05, 4.69) is 72.9 Å². The number of aromatic hydroxyl groups is 2. The van der Waals surface area contributed by atoms with Crippen LogP contribution in [0.15, 0.2) is 72.8 Å². The van der Waals surface area contributed by atoms with Gasteiger partial charge in [-0.2, -0.15) is 0 Å². The molecule has 1 atom stereocenters. The van der Waals surface area contributed by atoms with Crippen LogP contribution in [0.4, 0.5) is 0 Å². The third-order valence-electron chi connectivity index (χ3n) is 5.57. The lowest BCUT2D eigenvalue weighted by atomic mass is 9.93. The highest BCUT2D eigenvalue weighted by atomic mass is 16.5. The Hall–Kier alpha value is -3.32. The first kappa shape index (κ1) is 25.3. The number of phenolic OH excluding ortho intramolecular Hbond substituents is 2. The molecule has 4 rings (SSSR count). The van der Waals surface area contributed by atoms with E-state index in [0.717, 1.165) is 18.7 Å².